The molecule has 1 saturated heterocycles. The lowest BCUT2D eigenvalue weighted by Gasteiger charge is -2.22. The minimum Gasteiger partial charge on any atom is -0.467 e. The molecule has 0 aromatic carbocycles. The SMILES string of the molecule is COC(=O)C1CCCN1C(=O)CNCN. The van der Waals surface area contributed by atoms with Crippen LogP contribution in [0.2, 0.25) is 0 Å². The summed E-state index contributed by atoms with van der Waals surface area (Å²) in [7, 11) is 1.33. The summed E-state index contributed by atoms with van der Waals surface area (Å²) in [6.45, 7) is 1.04. The first-order valence-electron chi connectivity index (χ1n) is 4.98. The molecule has 0 aromatic heterocycles. The number of hydrogen-bond donors (Lipinski definition) is 2. The van der Waals surface area contributed by atoms with Crippen molar-refractivity contribution in [3.8, 4) is 0 Å². The predicted octanol–water partition coefficient (Wildman–Crippen LogP) is -1.34. The lowest BCUT2D eigenvalue weighted by molar-refractivity contribution is -0.150. The number of hydrogen-bond acceptors (Lipinski definition) is 5. The standard InChI is InChI=1S/C9H17N3O3/c1-15-9(14)7-3-2-4-12(7)8(13)5-11-6-10/h7,11H,2-6,10H2,1H3. The van der Waals surface area contributed by atoms with E-state index in [-0.39, 0.29) is 25.1 Å². The van der Waals surface area contributed by atoms with Crippen LogP contribution in [0.4, 0.5) is 0 Å². The molecule has 0 saturated carbocycles. The topological polar surface area (TPSA) is 84.7 Å². The normalized spacial score (nSPS) is 20.4. The van der Waals surface area contributed by atoms with Gasteiger partial charge < -0.3 is 15.4 Å². The molecule has 1 unspecified atom stereocenters. The molecule has 0 aromatic rings. The van der Waals surface area contributed by atoms with Crippen LogP contribution in [0.15, 0.2) is 0 Å². The molecule has 6 nitrogen and oxygen atoms in total. The lowest BCUT2D eigenvalue weighted by atomic mass is 10.2. The average molecular weight is 215 g/mol. The number of likely N-dealkylation sites (tertiary alicyclic amines) is 1. The van der Waals surface area contributed by atoms with Gasteiger partial charge in [-0.05, 0) is 12.8 Å². The van der Waals surface area contributed by atoms with Gasteiger partial charge in [0.25, 0.3) is 0 Å². The van der Waals surface area contributed by atoms with Crippen LogP contribution in [0, 0.1) is 0 Å². The minimum atomic E-state index is -0.415. The summed E-state index contributed by atoms with van der Waals surface area (Å²) in [5.41, 5.74) is 5.22. The average Bonchev–Trinajstić information content (AvgIpc) is 2.73. The fourth-order valence-electron chi connectivity index (χ4n) is 1.73. The second kappa shape index (κ2) is 5.67. The third-order valence-corrected chi connectivity index (χ3v) is 2.47. The predicted molar refractivity (Wildman–Crippen MR) is 53.8 cm³/mol. The van der Waals surface area contributed by atoms with Crippen molar-refractivity contribution in [1.82, 2.24) is 10.2 Å². The van der Waals surface area contributed by atoms with E-state index in [4.69, 9.17) is 5.73 Å². The van der Waals surface area contributed by atoms with E-state index in [1.807, 2.05) is 0 Å². The molecule has 3 N–H and O–H groups in total. The van der Waals surface area contributed by atoms with Crippen molar-refractivity contribution in [3.63, 3.8) is 0 Å². The zero-order valence-corrected chi connectivity index (χ0v) is 8.86. The van der Waals surface area contributed by atoms with E-state index in [0.29, 0.717) is 13.0 Å². The highest BCUT2D eigenvalue weighted by Crippen LogP contribution is 2.18. The Labute approximate surface area is 88.7 Å². The Balaban J connectivity index is 2.52. The Morgan fingerprint density at radius 2 is 2.33 bits per heavy atom. The van der Waals surface area contributed by atoms with Crippen LogP contribution in [0.25, 0.3) is 0 Å². The summed E-state index contributed by atoms with van der Waals surface area (Å²) >= 11 is 0. The van der Waals surface area contributed by atoms with Crippen LogP contribution < -0.4 is 11.1 Å². The summed E-state index contributed by atoms with van der Waals surface area (Å²) in [4.78, 5) is 24.5. The molecule has 86 valence electrons. The van der Waals surface area contributed by atoms with Crippen LogP contribution in [-0.4, -0.2) is 49.7 Å². The van der Waals surface area contributed by atoms with Gasteiger partial charge in [-0.25, -0.2) is 4.79 Å². The first-order valence-corrected chi connectivity index (χ1v) is 4.98. The van der Waals surface area contributed by atoms with Gasteiger partial charge in [0.05, 0.1) is 13.7 Å². The molecular weight excluding hydrogens is 198 g/mol. The Hall–Kier alpha value is -1.14. The van der Waals surface area contributed by atoms with E-state index in [1.165, 1.54) is 7.11 Å². The summed E-state index contributed by atoms with van der Waals surface area (Å²) < 4.78 is 4.64. The number of rotatable bonds is 4. The van der Waals surface area contributed by atoms with Gasteiger partial charge in [-0.1, -0.05) is 0 Å². The first kappa shape index (κ1) is 11.9. The molecule has 15 heavy (non-hydrogen) atoms. The van der Waals surface area contributed by atoms with E-state index in [9.17, 15) is 9.59 Å². The molecule has 1 fully saturated rings. The third-order valence-electron chi connectivity index (χ3n) is 2.47. The van der Waals surface area contributed by atoms with E-state index in [0.717, 1.165) is 6.42 Å². The highest BCUT2D eigenvalue weighted by Gasteiger charge is 2.34. The maximum absolute atomic E-state index is 11.6. The van der Waals surface area contributed by atoms with Gasteiger partial charge >= 0.3 is 5.97 Å². The fraction of sp³-hybridized carbons (Fsp3) is 0.778. The number of carbonyl (C=O) groups excluding carboxylic acids is 2. The van der Waals surface area contributed by atoms with Gasteiger partial charge in [0.1, 0.15) is 6.04 Å². The molecule has 1 aliphatic rings. The van der Waals surface area contributed by atoms with E-state index in [2.05, 4.69) is 10.1 Å². The van der Waals surface area contributed by atoms with Gasteiger partial charge in [0, 0.05) is 13.2 Å². The number of nitrogens with zero attached hydrogens (tertiary/aromatic N) is 1. The quantitative estimate of drug-likeness (QED) is 0.447. The van der Waals surface area contributed by atoms with Gasteiger partial charge in [-0.2, -0.15) is 0 Å². The van der Waals surface area contributed by atoms with Crippen LogP contribution in [0.3, 0.4) is 0 Å². The maximum atomic E-state index is 11.6. The van der Waals surface area contributed by atoms with E-state index >= 15 is 0 Å². The number of carbonyl (C=O) groups is 2. The molecule has 1 rings (SSSR count). The number of amides is 1. The van der Waals surface area contributed by atoms with Crippen molar-refractivity contribution in [2.45, 2.75) is 18.9 Å². The zero-order valence-electron chi connectivity index (χ0n) is 8.86. The highest BCUT2D eigenvalue weighted by molar-refractivity contribution is 5.86. The van der Waals surface area contributed by atoms with Crippen LogP contribution >= 0.6 is 0 Å². The monoisotopic (exact) mass is 215 g/mol. The van der Waals surface area contributed by atoms with Gasteiger partial charge in [0.2, 0.25) is 5.91 Å². The largest absolute Gasteiger partial charge is 0.467 e. The smallest absolute Gasteiger partial charge is 0.328 e. The Morgan fingerprint density at radius 3 is 2.93 bits per heavy atom. The summed E-state index contributed by atoms with van der Waals surface area (Å²) in [5.74, 6) is -0.443. The van der Waals surface area contributed by atoms with Crippen molar-refractivity contribution in [2.75, 3.05) is 26.9 Å². The van der Waals surface area contributed by atoms with Gasteiger partial charge in [-0.3, -0.25) is 10.1 Å². The second-order valence-corrected chi connectivity index (χ2v) is 3.40. The summed E-state index contributed by atoms with van der Waals surface area (Å²) in [6.07, 6.45) is 1.52. The summed E-state index contributed by atoms with van der Waals surface area (Å²) in [5, 5.41) is 2.74. The first-order chi connectivity index (χ1) is 7.20. The number of nitrogens with two attached hydrogens (primary N) is 1. The second-order valence-electron chi connectivity index (χ2n) is 3.40. The Bertz CT molecular complexity index is 245. The van der Waals surface area contributed by atoms with Crippen molar-refractivity contribution in [1.29, 1.82) is 0 Å². The number of ether oxygens (including phenoxy) is 1. The highest BCUT2D eigenvalue weighted by atomic mass is 16.5. The molecule has 6 heteroatoms. The Morgan fingerprint density at radius 1 is 1.60 bits per heavy atom. The van der Waals surface area contributed by atoms with Gasteiger partial charge in [-0.15, -0.1) is 0 Å². The van der Waals surface area contributed by atoms with Crippen molar-refractivity contribution < 1.29 is 14.3 Å². The molecule has 0 aliphatic carbocycles. The van der Waals surface area contributed by atoms with Crippen LogP contribution in [-0.2, 0) is 14.3 Å². The van der Waals surface area contributed by atoms with Crippen molar-refractivity contribution >= 4 is 11.9 Å². The number of esters is 1. The van der Waals surface area contributed by atoms with Gasteiger partial charge in [0.15, 0.2) is 0 Å². The molecule has 0 spiro atoms. The summed E-state index contributed by atoms with van der Waals surface area (Å²) in [6, 6.07) is -0.415. The fourth-order valence-corrected chi connectivity index (χ4v) is 1.73. The lowest BCUT2D eigenvalue weighted by Crippen LogP contribution is -2.45. The van der Waals surface area contributed by atoms with Crippen molar-refractivity contribution in [3.05, 3.63) is 0 Å². The molecule has 0 bridgehead atoms. The van der Waals surface area contributed by atoms with E-state index in [1.54, 1.807) is 4.90 Å². The molecule has 1 atom stereocenters. The minimum absolute atomic E-state index is 0.103. The Kier molecular flexibility index (Phi) is 4.51. The van der Waals surface area contributed by atoms with E-state index < -0.39 is 6.04 Å². The molecule has 1 heterocycles. The molecule has 0 radical (unpaired) electrons. The third kappa shape index (κ3) is 2.90. The molecular formula is C9H17N3O3. The van der Waals surface area contributed by atoms with Crippen LogP contribution in [0.5, 0.6) is 0 Å². The molecule has 1 amide bonds. The van der Waals surface area contributed by atoms with Crippen molar-refractivity contribution in [2.24, 2.45) is 5.73 Å². The number of methoxy groups -OCH3 is 1. The van der Waals surface area contributed by atoms with Crippen LogP contribution in [0.1, 0.15) is 12.8 Å². The number of nitrogens with one attached hydrogen (secondary N) is 1. The maximum Gasteiger partial charge on any atom is 0.328 e. The molecule has 1 aliphatic heterocycles. The zero-order chi connectivity index (χ0) is 11.3.